The lowest BCUT2D eigenvalue weighted by Crippen LogP contribution is -2.53. The smallest absolute Gasteiger partial charge is 0.406 e. The minimum Gasteiger partial charge on any atom is -0.406 e. The Labute approximate surface area is 171 Å². The van der Waals surface area contributed by atoms with Gasteiger partial charge in [-0.1, -0.05) is 13.8 Å². The predicted octanol–water partition coefficient (Wildman–Crippen LogP) is 4.93. The zero-order chi connectivity index (χ0) is 19.8. The van der Waals surface area contributed by atoms with Gasteiger partial charge in [0.2, 0.25) is 0 Å². The van der Waals surface area contributed by atoms with Gasteiger partial charge >= 0.3 is 6.36 Å². The monoisotopic (exact) mass is 434 g/mol. The van der Waals surface area contributed by atoms with Crippen LogP contribution in [0.5, 0.6) is 5.75 Å². The summed E-state index contributed by atoms with van der Waals surface area (Å²) in [6, 6.07) is 9.24. The van der Waals surface area contributed by atoms with Gasteiger partial charge in [0.1, 0.15) is 5.75 Å². The molecule has 9 heteroatoms. The van der Waals surface area contributed by atoms with Gasteiger partial charge in [0, 0.05) is 24.0 Å². The molecule has 3 rings (SSSR count). The van der Waals surface area contributed by atoms with Crippen molar-refractivity contribution in [2.75, 3.05) is 13.1 Å². The van der Waals surface area contributed by atoms with Gasteiger partial charge in [-0.3, -0.25) is 4.79 Å². The molecule has 1 unspecified atom stereocenters. The molecule has 1 aliphatic heterocycles. The third-order valence-electron chi connectivity index (χ3n) is 4.79. The molecule has 0 spiro atoms. The maximum absolute atomic E-state index is 12.8. The molecule has 1 atom stereocenters. The Bertz CT molecular complexity index is 821. The first kappa shape index (κ1) is 22.5. The first-order valence-corrected chi connectivity index (χ1v) is 9.38. The second-order valence-corrected chi connectivity index (χ2v) is 8.43. The summed E-state index contributed by atoms with van der Waals surface area (Å²) in [6.45, 7) is 5.34. The zero-order valence-electron chi connectivity index (χ0n) is 15.5. The van der Waals surface area contributed by atoms with Crippen molar-refractivity contribution in [2.45, 2.75) is 32.7 Å². The molecule has 1 aromatic heterocycles. The quantitative estimate of drug-likeness (QED) is 0.744. The van der Waals surface area contributed by atoms with Crippen molar-refractivity contribution in [3.63, 3.8) is 0 Å². The summed E-state index contributed by atoms with van der Waals surface area (Å²) in [4.78, 5) is 16.0. The fourth-order valence-corrected chi connectivity index (χ4v) is 4.11. The van der Waals surface area contributed by atoms with Crippen LogP contribution >= 0.6 is 23.7 Å². The van der Waals surface area contributed by atoms with Crippen LogP contribution in [0.25, 0.3) is 10.4 Å². The molecule has 2 N–H and O–H groups in total. The fourth-order valence-electron chi connectivity index (χ4n) is 3.13. The highest BCUT2D eigenvalue weighted by molar-refractivity contribution is 7.17. The van der Waals surface area contributed by atoms with Crippen LogP contribution < -0.4 is 10.5 Å². The maximum atomic E-state index is 12.8. The Morgan fingerprint density at radius 3 is 2.43 bits per heavy atom. The second-order valence-electron chi connectivity index (χ2n) is 7.35. The lowest BCUT2D eigenvalue weighted by molar-refractivity contribution is -0.274. The van der Waals surface area contributed by atoms with E-state index >= 15 is 0 Å². The van der Waals surface area contributed by atoms with Gasteiger partial charge in [-0.25, -0.2) is 0 Å². The van der Waals surface area contributed by atoms with Crippen LogP contribution in [0.1, 0.15) is 29.9 Å². The largest absolute Gasteiger partial charge is 0.573 e. The summed E-state index contributed by atoms with van der Waals surface area (Å²) >= 11 is 1.32. The van der Waals surface area contributed by atoms with Crippen molar-refractivity contribution in [1.82, 2.24) is 4.90 Å². The maximum Gasteiger partial charge on any atom is 0.573 e. The molecule has 28 heavy (non-hydrogen) atoms. The van der Waals surface area contributed by atoms with Crippen LogP contribution in [-0.4, -0.2) is 36.3 Å². The molecule has 1 amide bonds. The zero-order valence-corrected chi connectivity index (χ0v) is 17.1. The Hall–Kier alpha value is -1.77. The molecule has 1 saturated heterocycles. The summed E-state index contributed by atoms with van der Waals surface area (Å²) in [7, 11) is 0. The van der Waals surface area contributed by atoms with E-state index in [4.69, 9.17) is 5.73 Å². The number of hydrogen-bond donors (Lipinski definition) is 1. The third kappa shape index (κ3) is 5.18. The number of nitrogens with two attached hydrogens (primary N) is 1. The standard InChI is InChI=1S/C19H21F3N2O2S.ClH/c1-18(2)11-24(10-9-16(18)23)17(25)15-8-7-14(27-15)12-3-5-13(6-4-12)26-19(20,21)22;/h3-8,16H,9-11,23H2,1-2H3;1H. The van der Waals surface area contributed by atoms with E-state index in [1.807, 2.05) is 4.90 Å². The summed E-state index contributed by atoms with van der Waals surface area (Å²) in [6.07, 6.45) is -3.95. The van der Waals surface area contributed by atoms with Crippen molar-refractivity contribution in [2.24, 2.45) is 11.1 Å². The van der Waals surface area contributed by atoms with Crippen molar-refractivity contribution >= 4 is 29.7 Å². The molecule has 4 nitrogen and oxygen atoms in total. The Balaban J connectivity index is 0.00000280. The average Bonchev–Trinajstić information content (AvgIpc) is 3.06. The summed E-state index contributed by atoms with van der Waals surface area (Å²) < 4.78 is 40.6. The number of piperidine rings is 1. The second kappa shape index (κ2) is 8.31. The molecule has 0 radical (unpaired) electrons. The van der Waals surface area contributed by atoms with E-state index in [2.05, 4.69) is 18.6 Å². The van der Waals surface area contributed by atoms with Gasteiger partial charge in [0.05, 0.1) is 4.88 Å². The molecule has 1 aromatic carbocycles. The third-order valence-corrected chi connectivity index (χ3v) is 5.91. The number of carbonyl (C=O) groups is 1. The summed E-state index contributed by atoms with van der Waals surface area (Å²) in [5, 5.41) is 0. The molecule has 1 aliphatic rings. The molecular formula is C19H22ClF3N2O2S. The van der Waals surface area contributed by atoms with E-state index in [1.165, 1.54) is 23.5 Å². The van der Waals surface area contributed by atoms with E-state index in [-0.39, 0.29) is 35.5 Å². The molecule has 154 valence electrons. The number of alkyl halides is 3. The van der Waals surface area contributed by atoms with Gasteiger partial charge in [0.25, 0.3) is 5.91 Å². The highest BCUT2D eigenvalue weighted by Crippen LogP contribution is 2.33. The van der Waals surface area contributed by atoms with Crippen LogP contribution in [0.2, 0.25) is 0 Å². The lowest BCUT2D eigenvalue weighted by atomic mass is 9.79. The fraction of sp³-hybridized carbons (Fsp3) is 0.421. The number of amides is 1. The van der Waals surface area contributed by atoms with Crippen molar-refractivity contribution in [1.29, 1.82) is 0 Å². The Morgan fingerprint density at radius 2 is 1.86 bits per heavy atom. The van der Waals surface area contributed by atoms with Crippen molar-refractivity contribution < 1.29 is 22.7 Å². The lowest BCUT2D eigenvalue weighted by Gasteiger charge is -2.42. The number of hydrogen-bond acceptors (Lipinski definition) is 4. The van der Waals surface area contributed by atoms with Crippen molar-refractivity contribution in [3.05, 3.63) is 41.3 Å². The number of nitrogens with zero attached hydrogens (tertiary/aromatic N) is 1. The number of carbonyl (C=O) groups excluding carboxylic acids is 1. The van der Waals surface area contributed by atoms with Crippen molar-refractivity contribution in [3.8, 4) is 16.2 Å². The Kier molecular flexibility index (Phi) is 6.68. The minimum absolute atomic E-state index is 0. The highest BCUT2D eigenvalue weighted by atomic mass is 35.5. The van der Waals surface area contributed by atoms with Crippen LogP contribution in [0.4, 0.5) is 13.2 Å². The van der Waals surface area contributed by atoms with Gasteiger partial charge in [-0.05, 0) is 53.8 Å². The molecule has 0 bridgehead atoms. The van der Waals surface area contributed by atoms with Gasteiger partial charge in [-0.2, -0.15) is 0 Å². The van der Waals surface area contributed by atoms with Gasteiger partial charge in [-0.15, -0.1) is 36.9 Å². The molecule has 2 heterocycles. The molecule has 0 aliphatic carbocycles. The van der Waals surface area contributed by atoms with E-state index in [1.54, 1.807) is 24.3 Å². The molecule has 2 aromatic rings. The molecule has 1 fully saturated rings. The number of ether oxygens (including phenoxy) is 1. The number of benzene rings is 1. The SMILES string of the molecule is CC1(C)CN(C(=O)c2ccc(-c3ccc(OC(F)(F)F)cc3)s2)CCC1N.Cl. The number of likely N-dealkylation sites (tertiary alicyclic amines) is 1. The normalized spacial score (nSPS) is 19.1. The van der Waals surface area contributed by atoms with Crippen LogP contribution in [0.15, 0.2) is 36.4 Å². The summed E-state index contributed by atoms with van der Waals surface area (Å²) in [5.41, 5.74) is 6.72. The van der Waals surface area contributed by atoms with E-state index in [9.17, 15) is 18.0 Å². The minimum atomic E-state index is -4.71. The number of halogens is 4. The molecular weight excluding hydrogens is 413 g/mol. The topological polar surface area (TPSA) is 55.6 Å². The first-order valence-electron chi connectivity index (χ1n) is 8.56. The van der Waals surface area contributed by atoms with Gasteiger partial charge < -0.3 is 15.4 Å². The first-order chi connectivity index (χ1) is 12.5. The van der Waals surface area contributed by atoms with E-state index < -0.39 is 6.36 Å². The predicted molar refractivity (Wildman–Crippen MR) is 106 cm³/mol. The van der Waals surface area contributed by atoms with Gasteiger partial charge in [0.15, 0.2) is 0 Å². The average molecular weight is 435 g/mol. The summed E-state index contributed by atoms with van der Waals surface area (Å²) in [5.74, 6) is -0.311. The number of thiophene rings is 1. The van der Waals surface area contributed by atoms with Crippen LogP contribution in [-0.2, 0) is 0 Å². The van der Waals surface area contributed by atoms with E-state index in [0.29, 0.717) is 18.0 Å². The molecule has 0 saturated carbocycles. The van der Waals surface area contributed by atoms with Crippen LogP contribution in [0, 0.1) is 5.41 Å². The highest BCUT2D eigenvalue weighted by Gasteiger charge is 2.36. The number of rotatable bonds is 3. The van der Waals surface area contributed by atoms with E-state index in [0.717, 1.165) is 16.9 Å². The Morgan fingerprint density at radius 1 is 1.21 bits per heavy atom. The van der Waals surface area contributed by atoms with Crippen LogP contribution in [0.3, 0.4) is 0 Å².